The fourth-order valence-corrected chi connectivity index (χ4v) is 4.73. The predicted molar refractivity (Wildman–Crippen MR) is 147 cm³/mol. The maximum atomic E-state index is 5.31. The molecule has 1 atom stereocenters. The summed E-state index contributed by atoms with van der Waals surface area (Å²) < 4.78 is 12.5. The summed E-state index contributed by atoms with van der Waals surface area (Å²) in [5, 5.41) is 13.0. The third kappa shape index (κ3) is 6.03. The van der Waals surface area contributed by atoms with E-state index in [1.165, 1.54) is 16.8 Å². The Morgan fingerprint density at radius 2 is 1.38 bits per heavy atom. The van der Waals surface area contributed by atoms with Crippen molar-refractivity contribution in [2.24, 2.45) is 0 Å². The van der Waals surface area contributed by atoms with Gasteiger partial charge in [-0.1, -0.05) is 42.0 Å². The first-order valence-electron chi connectivity index (χ1n) is 12.2. The Hall–Kier alpha value is -3.62. The molecule has 1 fully saturated rings. The second kappa shape index (κ2) is 12.1. The number of piperazine rings is 1. The van der Waals surface area contributed by atoms with E-state index in [-0.39, 0.29) is 18.4 Å². The summed E-state index contributed by atoms with van der Waals surface area (Å²) >= 11 is 0. The molecule has 0 N–H and O–H groups in total. The molecule has 0 amide bonds. The zero-order chi connectivity index (χ0) is 24.9. The number of nitrogens with zero attached hydrogens (tertiary/aromatic N) is 6. The highest BCUT2D eigenvalue weighted by atomic mass is 35.5. The number of ether oxygens (including phenoxy) is 2. The van der Waals surface area contributed by atoms with E-state index in [0.29, 0.717) is 6.54 Å². The van der Waals surface area contributed by atoms with Crippen molar-refractivity contribution in [2.45, 2.75) is 19.5 Å². The van der Waals surface area contributed by atoms with Crippen LogP contribution in [0.4, 0.5) is 5.69 Å². The highest BCUT2D eigenvalue weighted by molar-refractivity contribution is 5.85. The number of hydrogen-bond acceptors (Lipinski definition) is 7. The van der Waals surface area contributed by atoms with Crippen molar-refractivity contribution < 1.29 is 9.47 Å². The molecule has 1 aliphatic heterocycles. The van der Waals surface area contributed by atoms with Crippen molar-refractivity contribution in [2.75, 3.05) is 45.3 Å². The van der Waals surface area contributed by atoms with Gasteiger partial charge in [-0.2, -0.15) is 0 Å². The Morgan fingerprint density at radius 1 is 0.784 bits per heavy atom. The second-order valence-corrected chi connectivity index (χ2v) is 9.08. The van der Waals surface area contributed by atoms with Crippen molar-refractivity contribution >= 4 is 18.1 Å². The average Bonchev–Trinajstić information content (AvgIpc) is 3.38. The molecule has 1 aromatic heterocycles. The summed E-state index contributed by atoms with van der Waals surface area (Å²) in [5.74, 6) is 2.57. The molecule has 9 heteroatoms. The maximum absolute atomic E-state index is 5.31. The average molecular weight is 521 g/mol. The molecular weight excluding hydrogens is 488 g/mol. The van der Waals surface area contributed by atoms with Crippen LogP contribution in [0.1, 0.15) is 28.6 Å². The Balaban J connectivity index is 0.00000320. The van der Waals surface area contributed by atoms with E-state index in [2.05, 4.69) is 80.8 Å². The molecule has 0 bridgehead atoms. The standard InChI is InChI=1S/C28H32N6O2.ClH/c1-21-4-8-23(9-5-21)27(28-29-30-31-34(28)20-22-6-12-25(35-2)13-7-22)33-18-16-32(17-19-33)24-10-14-26(36-3)15-11-24;/h4-15,27H,16-20H2,1-3H3;1H. The predicted octanol–water partition coefficient (Wildman–Crippen LogP) is 4.38. The van der Waals surface area contributed by atoms with Gasteiger partial charge in [-0.3, -0.25) is 4.90 Å². The number of rotatable bonds is 8. The topological polar surface area (TPSA) is 68.5 Å². The number of aromatic nitrogens is 4. The van der Waals surface area contributed by atoms with Crippen LogP contribution in [0.15, 0.2) is 72.8 Å². The Labute approximate surface area is 224 Å². The number of benzene rings is 3. The van der Waals surface area contributed by atoms with E-state index in [9.17, 15) is 0 Å². The molecule has 5 rings (SSSR count). The van der Waals surface area contributed by atoms with Crippen molar-refractivity contribution in [3.63, 3.8) is 0 Å². The first-order valence-corrected chi connectivity index (χ1v) is 12.2. The zero-order valence-electron chi connectivity index (χ0n) is 21.4. The molecule has 0 saturated carbocycles. The molecule has 0 spiro atoms. The number of hydrogen-bond donors (Lipinski definition) is 0. The SMILES string of the molecule is COc1ccc(Cn2nnnc2C(c2ccc(C)cc2)N2CCN(c3ccc(OC)cc3)CC2)cc1.Cl. The summed E-state index contributed by atoms with van der Waals surface area (Å²) in [6.45, 7) is 6.37. The fourth-order valence-electron chi connectivity index (χ4n) is 4.73. The first kappa shape index (κ1) is 26.4. The quantitative estimate of drug-likeness (QED) is 0.341. The van der Waals surface area contributed by atoms with Crippen LogP contribution in [0.5, 0.6) is 11.5 Å². The van der Waals surface area contributed by atoms with Crippen LogP contribution in [0.3, 0.4) is 0 Å². The monoisotopic (exact) mass is 520 g/mol. The maximum Gasteiger partial charge on any atom is 0.173 e. The first-order chi connectivity index (χ1) is 17.6. The molecule has 1 aliphatic rings. The van der Waals surface area contributed by atoms with Crippen LogP contribution in [0.25, 0.3) is 0 Å². The lowest BCUT2D eigenvalue weighted by Crippen LogP contribution is -2.48. The highest BCUT2D eigenvalue weighted by Crippen LogP contribution is 2.30. The van der Waals surface area contributed by atoms with Crippen LogP contribution in [0, 0.1) is 6.92 Å². The van der Waals surface area contributed by atoms with E-state index < -0.39 is 0 Å². The lowest BCUT2D eigenvalue weighted by molar-refractivity contribution is 0.201. The number of anilines is 1. The molecule has 0 radical (unpaired) electrons. The van der Waals surface area contributed by atoms with Gasteiger partial charge in [0.15, 0.2) is 5.82 Å². The van der Waals surface area contributed by atoms with Crippen LogP contribution < -0.4 is 14.4 Å². The molecule has 1 unspecified atom stereocenters. The molecule has 194 valence electrons. The minimum Gasteiger partial charge on any atom is -0.497 e. The van der Waals surface area contributed by atoms with Gasteiger partial charge in [0.05, 0.1) is 26.8 Å². The fraction of sp³-hybridized carbons (Fsp3) is 0.321. The Morgan fingerprint density at radius 3 is 1.97 bits per heavy atom. The Kier molecular flexibility index (Phi) is 8.63. The van der Waals surface area contributed by atoms with Crippen LogP contribution in [0.2, 0.25) is 0 Å². The zero-order valence-corrected chi connectivity index (χ0v) is 22.3. The smallest absolute Gasteiger partial charge is 0.173 e. The van der Waals surface area contributed by atoms with Gasteiger partial charge in [-0.15, -0.1) is 17.5 Å². The van der Waals surface area contributed by atoms with Crippen molar-refractivity contribution in [3.05, 3.63) is 95.3 Å². The van der Waals surface area contributed by atoms with E-state index in [1.54, 1.807) is 14.2 Å². The molecule has 1 saturated heterocycles. The highest BCUT2D eigenvalue weighted by Gasteiger charge is 2.30. The van der Waals surface area contributed by atoms with Gasteiger partial charge in [-0.05, 0) is 64.9 Å². The largest absolute Gasteiger partial charge is 0.497 e. The third-order valence-electron chi connectivity index (χ3n) is 6.81. The lowest BCUT2D eigenvalue weighted by Gasteiger charge is -2.40. The summed E-state index contributed by atoms with van der Waals surface area (Å²) in [4.78, 5) is 4.91. The summed E-state index contributed by atoms with van der Waals surface area (Å²) in [6, 6.07) is 25.0. The summed E-state index contributed by atoms with van der Waals surface area (Å²) in [5.41, 5.74) is 4.77. The van der Waals surface area contributed by atoms with Gasteiger partial charge in [0.2, 0.25) is 0 Å². The molecular formula is C28H33ClN6O2. The van der Waals surface area contributed by atoms with E-state index in [1.807, 2.05) is 28.9 Å². The van der Waals surface area contributed by atoms with Gasteiger partial charge in [0.1, 0.15) is 11.5 Å². The number of halogens is 1. The summed E-state index contributed by atoms with van der Waals surface area (Å²) in [7, 11) is 3.37. The van der Waals surface area contributed by atoms with Gasteiger partial charge in [-0.25, -0.2) is 4.68 Å². The van der Waals surface area contributed by atoms with Gasteiger partial charge in [0, 0.05) is 31.9 Å². The van der Waals surface area contributed by atoms with E-state index in [4.69, 9.17) is 9.47 Å². The van der Waals surface area contributed by atoms with Crippen molar-refractivity contribution in [3.8, 4) is 11.5 Å². The van der Waals surface area contributed by atoms with Crippen molar-refractivity contribution in [1.29, 1.82) is 0 Å². The van der Waals surface area contributed by atoms with Crippen molar-refractivity contribution in [1.82, 2.24) is 25.1 Å². The Bertz CT molecular complexity index is 1250. The van der Waals surface area contributed by atoms with Gasteiger partial charge in [0.25, 0.3) is 0 Å². The normalized spacial score (nSPS) is 14.6. The van der Waals surface area contributed by atoms with Crippen LogP contribution in [-0.4, -0.2) is 65.5 Å². The van der Waals surface area contributed by atoms with Gasteiger partial charge >= 0.3 is 0 Å². The molecule has 3 aromatic carbocycles. The molecule has 37 heavy (non-hydrogen) atoms. The van der Waals surface area contributed by atoms with E-state index in [0.717, 1.165) is 49.1 Å². The van der Waals surface area contributed by atoms with Crippen LogP contribution in [-0.2, 0) is 6.54 Å². The third-order valence-corrected chi connectivity index (χ3v) is 6.81. The minimum atomic E-state index is -0.0307. The second-order valence-electron chi connectivity index (χ2n) is 9.08. The lowest BCUT2D eigenvalue weighted by atomic mass is 10.0. The van der Waals surface area contributed by atoms with E-state index >= 15 is 0 Å². The number of aryl methyl sites for hydroxylation is 1. The molecule has 0 aliphatic carbocycles. The molecule has 4 aromatic rings. The minimum absolute atomic E-state index is 0. The molecule has 8 nitrogen and oxygen atoms in total. The number of methoxy groups -OCH3 is 2. The number of tetrazole rings is 1. The summed E-state index contributed by atoms with van der Waals surface area (Å²) in [6.07, 6.45) is 0. The van der Waals surface area contributed by atoms with Gasteiger partial charge < -0.3 is 14.4 Å². The van der Waals surface area contributed by atoms with Crippen LogP contribution >= 0.6 is 12.4 Å². The molecule has 2 heterocycles.